The van der Waals surface area contributed by atoms with Crippen LogP contribution in [-0.4, -0.2) is 9.97 Å². The van der Waals surface area contributed by atoms with Gasteiger partial charge in [0.15, 0.2) is 5.13 Å². The zero-order valence-electron chi connectivity index (χ0n) is 8.41. The molecule has 0 spiro atoms. The lowest BCUT2D eigenvalue weighted by atomic mass is 10.3. The van der Waals surface area contributed by atoms with Crippen molar-refractivity contribution in [2.75, 3.05) is 5.32 Å². The molecule has 0 radical (unpaired) electrons. The van der Waals surface area contributed by atoms with Crippen LogP contribution >= 0.6 is 27.3 Å². The second kappa shape index (κ2) is 4.28. The van der Waals surface area contributed by atoms with Crippen LogP contribution in [-0.2, 0) is 0 Å². The highest BCUT2D eigenvalue weighted by atomic mass is 79.9. The van der Waals surface area contributed by atoms with Crippen molar-refractivity contribution < 1.29 is 0 Å². The van der Waals surface area contributed by atoms with Crippen LogP contribution in [0.1, 0.15) is 11.3 Å². The molecular formula is C10H10BrN3S. The highest BCUT2D eigenvalue weighted by Crippen LogP contribution is 2.27. The average molecular weight is 284 g/mol. The van der Waals surface area contributed by atoms with Crippen LogP contribution in [0.25, 0.3) is 0 Å². The average Bonchev–Trinajstić information content (AvgIpc) is 2.59. The maximum absolute atomic E-state index is 4.32. The van der Waals surface area contributed by atoms with Gasteiger partial charge in [0.1, 0.15) is 5.82 Å². The molecule has 0 aromatic carbocycles. The summed E-state index contributed by atoms with van der Waals surface area (Å²) in [5.41, 5.74) is 2.17. The minimum absolute atomic E-state index is 0.810. The minimum Gasteiger partial charge on any atom is -0.315 e. The number of thiazole rings is 1. The maximum Gasteiger partial charge on any atom is 0.188 e. The Morgan fingerprint density at radius 1 is 1.40 bits per heavy atom. The maximum atomic E-state index is 4.32. The number of anilines is 2. The van der Waals surface area contributed by atoms with Crippen LogP contribution < -0.4 is 5.32 Å². The van der Waals surface area contributed by atoms with E-state index in [0.717, 1.165) is 26.7 Å². The molecule has 0 saturated heterocycles. The Morgan fingerprint density at radius 3 is 2.87 bits per heavy atom. The number of hydrogen-bond acceptors (Lipinski definition) is 4. The summed E-state index contributed by atoms with van der Waals surface area (Å²) in [6, 6.07) is 1.96. The molecule has 0 fully saturated rings. The van der Waals surface area contributed by atoms with Gasteiger partial charge in [-0.25, -0.2) is 9.97 Å². The molecule has 78 valence electrons. The molecule has 0 saturated carbocycles. The molecule has 0 amide bonds. The smallest absolute Gasteiger partial charge is 0.188 e. The van der Waals surface area contributed by atoms with Crippen LogP contribution in [0.4, 0.5) is 10.9 Å². The summed E-state index contributed by atoms with van der Waals surface area (Å²) in [6.45, 7) is 4.00. The summed E-state index contributed by atoms with van der Waals surface area (Å²) in [5, 5.41) is 6.06. The Kier molecular flexibility index (Phi) is 3.02. The molecule has 0 unspecified atom stereocenters. The van der Waals surface area contributed by atoms with Gasteiger partial charge in [-0.3, -0.25) is 0 Å². The molecule has 0 bridgehead atoms. The zero-order valence-corrected chi connectivity index (χ0v) is 10.8. The molecule has 2 heterocycles. The molecule has 0 aliphatic rings. The molecule has 0 aliphatic heterocycles. The molecule has 0 aliphatic carbocycles. The van der Waals surface area contributed by atoms with E-state index in [9.17, 15) is 0 Å². The van der Waals surface area contributed by atoms with E-state index in [1.165, 1.54) is 0 Å². The Balaban J connectivity index is 2.28. The van der Waals surface area contributed by atoms with Gasteiger partial charge in [-0.2, -0.15) is 0 Å². The predicted molar refractivity (Wildman–Crippen MR) is 66.8 cm³/mol. The number of hydrogen-bond donors (Lipinski definition) is 1. The van der Waals surface area contributed by atoms with Gasteiger partial charge in [0, 0.05) is 11.6 Å². The lowest BCUT2D eigenvalue weighted by Crippen LogP contribution is -1.95. The number of nitrogens with zero attached hydrogens (tertiary/aromatic N) is 2. The molecule has 0 atom stereocenters. The second-order valence-corrected chi connectivity index (χ2v) is 4.86. The number of pyridine rings is 1. The van der Waals surface area contributed by atoms with Crippen molar-refractivity contribution in [3.63, 3.8) is 0 Å². The quantitative estimate of drug-likeness (QED) is 0.914. The van der Waals surface area contributed by atoms with Gasteiger partial charge < -0.3 is 5.32 Å². The van der Waals surface area contributed by atoms with Crippen LogP contribution in [0, 0.1) is 13.8 Å². The van der Waals surface area contributed by atoms with E-state index in [2.05, 4.69) is 31.2 Å². The van der Waals surface area contributed by atoms with Crippen molar-refractivity contribution in [2.24, 2.45) is 0 Å². The lowest BCUT2D eigenvalue weighted by Gasteiger charge is -2.05. The SMILES string of the molecule is Cc1csc(Nc2nccc(C)c2Br)n1. The van der Waals surface area contributed by atoms with Gasteiger partial charge in [0.2, 0.25) is 0 Å². The first-order valence-corrected chi connectivity index (χ1v) is 6.14. The number of rotatable bonds is 2. The van der Waals surface area contributed by atoms with E-state index in [1.54, 1.807) is 17.5 Å². The van der Waals surface area contributed by atoms with Crippen molar-refractivity contribution in [1.29, 1.82) is 0 Å². The minimum atomic E-state index is 0.810. The number of halogens is 1. The van der Waals surface area contributed by atoms with Gasteiger partial charge in [0.25, 0.3) is 0 Å². The van der Waals surface area contributed by atoms with Crippen molar-refractivity contribution in [2.45, 2.75) is 13.8 Å². The molecular weight excluding hydrogens is 274 g/mol. The Hall–Kier alpha value is -0.940. The van der Waals surface area contributed by atoms with Gasteiger partial charge in [-0.15, -0.1) is 11.3 Å². The molecule has 1 N–H and O–H groups in total. The molecule has 3 nitrogen and oxygen atoms in total. The first kappa shape index (κ1) is 10.6. The van der Waals surface area contributed by atoms with Gasteiger partial charge in [-0.1, -0.05) is 0 Å². The van der Waals surface area contributed by atoms with Gasteiger partial charge >= 0.3 is 0 Å². The van der Waals surface area contributed by atoms with E-state index in [4.69, 9.17) is 0 Å². The van der Waals surface area contributed by atoms with Crippen LogP contribution in [0.2, 0.25) is 0 Å². The highest BCUT2D eigenvalue weighted by molar-refractivity contribution is 9.10. The van der Waals surface area contributed by atoms with Crippen molar-refractivity contribution in [1.82, 2.24) is 9.97 Å². The second-order valence-electron chi connectivity index (χ2n) is 3.21. The third-order valence-corrected chi connectivity index (χ3v) is 3.80. The standard InChI is InChI=1S/C10H10BrN3S/c1-6-3-4-12-9(8(6)11)14-10-13-7(2)5-15-10/h3-5H,1-2H3,(H,12,13,14). The van der Waals surface area contributed by atoms with Crippen molar-refractivity contribution >= 4 is 38.2 Å². The van der Waals surface area contributed by atoms with E-state index < -0.39 is 0 Å². The van der Waals surface area contributed by atoms with Gasteiger partial charge in [0.05, 0.1) is 10.2 Å². The fraction of sp³-hybridized carbons (Fsp3) is 0.200. The summed E-state index contributed by atoms with van der Waals surface area (Å²) in [5.74, 6) is 0.810. The number of nitrogens with one attached hydrogen (secondary N) is 1. The summed E-state index contributed by atoms with van der Waals surface area (Å²) >= 11 is 5.07. The van der Waals surface area contributed by atoms with Crippen LogP contribution in [0.15, 0.2) is 22.1 Å². The normalized spacial score (nSPS) is 10.3. The number of aryl methyl sites for hydroxylation is 2. The topological polar surface area (TPSA) is 37.8 Å². The monoisotopic (exact) mass is 283 g/mol. The summed E-state index contributed by atoms with van der Waals surface area (Å²) in [7, 11) is 0. The fourth-order valence-electron chi connectivity index (χ4n) is 1.14. The summed E-state index contributed by atoms with van der Waals surface area (Å²) < 4.78 is 0.984. The highest BCUT2D eigenvalue weighted by Gasteiger charge is 2.05. The molecule has 2 aromatic rings. The molecule has 2 rings (SSSR count). The van der Waals surface area contributed by atoms with Crippen LogP contribution in [0.3, 0.4) is 0 Å². The number of aromatic nitrogens is 2. The first-order valence-electron chi connectivity index (χ1n) is 4.47. The largest absolute Gasteiger partial charge is 0.315 e. The fourth-order valence-corrected chi connectivity index (χ4v) is 2.16. The molecule has 15 heavy (non-hydrogen) atoms. The first-order chi connectivity index (χ1) is 7.16. The Bertz CT molecular complexity index is 481. The van der Waals surface area contributed by atoms with Crippen molar-refractivity contribution in [3.8, 4) is 0 Å². The molecule has 2 aromatic heterocycles. The van der Waals surface area contributed by atoms with Gasteiger partial charge in [-0.05, 0) is 41.4 Å². The lowest BCUT2D eigenvalue weighted by molar-refractivity contribution is 1.22. The zero-order chi connectivity index (χ0) is 10.8. The van der Waals surface area contributed by atoms with Crippen LogP contribution in [0.5, 0.6) is 0 Å². The van der Waals surface area contributed by atoms with E-state index in [1.807, 2.05) is 25.3 Å². The van der Waals surface area contributed by atoms with E-state index >= 15 is 0 Å². The molecule has 5 heteroatoms. The third kappa shape index (κ3) is 2.35. The Morgan fingerprint density at radius 2 is 2.20 bits per heavy atom. The Labute approximate surface area is 101 Å². The third-order valence-electron chi connectivity index (χ3n) is 1.93. The van der Waals surface area contributed by atoms with E-state index in [0.29, 0.717) is 0 Å². The summed E-state index contributed by atoms with van der Waals surface area (Å²) in [6.07, 6.45) is 1.78. The summed E-state index contributed by atoms with van der Waals surface area (Å²) in [4.78, 5) is 8.58. The van der Waals surface area contributed by atoms with Crippen molar-refractivity contribution in [3.05, 3.63) is 33.4 Å². The predicted octanol–water partition coefficient (Wildman–Crippen LogP) is 3.66. The van der Waals surface area contributed by atoms with E-state index in [-0.39, 0.29) is 0 Å².